The molecule has 9 heteroatoms. The smallest absolute Gasteiger partial charge is 0.490 e. The van der Waals surface area contributed by atoms with E-state index in [4.69, 9.17) is 19.4 Å². The lowest BCUT2D eigenvalue weighted by molar-refractivity contribution is -0.192. The first-order valence-corrected chi connectivity index (χ1v) is 9.87. The van der Waals surface area contributed by atoms with Crippen LogP contribution in [0.3, 0.4) is 0 Å². The van der Waals surface area contributed by atoms with E-state index < -0.39 is 12.1 Å². The van der Waals surface area contributed by atoms with Gasteiger partial charge in [0.25, 0.3) is 0 Å². The Bertz CT molecular complexity index is 657. The Labute approximate surface area is 169 Å². The number of carbonyl (C=O) groups is 1. The summed E-state index contributed by atoms with van der Waals surface area (Å²) in [5.41, 5.74) is 1.33. The summed E-state index contributed by atoms with van der Waals surface area (Å²) < 4.78 is 42.9. The van der Waals surface area contributed by atoms with E-state index in [0.29, 0.717) is 12.0 Å². The quantitative estimate of drug-likeness (QED) is 0.694. The highest BCUT2D eigenvalue weighted by Crippen LogP contribution is 2.49. The third-order valence-corrected chi connectivity index (χ3v) is 5.37. The molecule has 29 heavy (non-hydrogen) atoms. The number of methoxy groups -OCH3 is 1. The van der Waals surface area contributed by atoms with E-state index >= 15 is 0 Å². The number of likely N-dealkylation sites (tertiary alicyclic amines) is 1. The average Bonchev–Trinajstić information content (AvgIpc) is 3.32. The minimum Gasteiger partial charge on any atom is -0.490 e. The van der Waals surface area contributed by atoms with Gasteiger partial charge in [-0.1, -0.05) is 6.92 Å². The van der Waals surface area contributed by atoms with E-state index in [-0.39, 0.29) is 0 Å². The maximum Gasteiger partial charge on any atom is 0.490 e. The molecule has 0 radical (unpaired) electrons. The molecular formula is C20H29F3N2O4. The van der Waals surface area contributed by atoms with Crippen molar-refractivity contribution in [1.29, 1.82) is 0 Å². The molecule has 1 saturated carbocycles. The van der Waals surface area contributed by atoms with E-state index in [1.54, 1.807) is 7.11 Å². The fourth-order valence-electron chi connectivity index (χ4n) is 3.65. The summed E-state index contributed by atoms with van der Waals surface area (Å²) in [7, 11) is 1.77. The molecule has 1 aliphatic carbocycles. The van der Waals surface area contributed by atoms with Gasteiger partial charge in [0.2, 0.25) is 0 Å². The molecule has 3 rings (SSSR count). The molecule has 0 bridgehead atoms. The Hall–Kier alpha value is -1.87. The number of pyridine rings is 1. The van der Waals surface area contributed by atoms with E-state index in [1.165, 1.54) is 31.4 Å². The molecular weight excluding hydrogens is 389 g/mol. The number of aliphatic carboxylic acids is 1. The number of hydrogen-bond donors (Lipinski definition) is 1. The zero-order chi connectivity index (χ0) is 21.4. The summed E-state index contributed by atoms with van der Waals surface area (Å²) >= 11 is 0. The third-order valence-electron chi connectivity index (χ3n) is 5.37. The van der Waals surface area contributed by atoms with Crippen molar-refractivity contribution >= 4 is 5.97 Å². The van der Waals surface area contributed by atoms with Crippen LogP contribution in [0.2, 0.25) is 0 Å². The molecule has 1 aromatic heterocycles. The first kappa shape index (κ1) is 23.4. The van der Waals surface area contributed by atoms with Crippen molar-refractivity contribution < 1.29 is 32.5 Å². The van der Waals surface area contributed by atoms with Crippen LogP contribution >= 0.6 is 0 Å². The predicted molar refractivity (Wildman–Crippen MR) is 101 cm³/mol. The molecule has 2 heterocycles. The zero-order valence-electron chi connectivity index (χ0n) is 16.8. The number of carboxylic acid groups (broad SMARTS) is 1. The number of alkyl halides is 3. The molecule has 164 valence electrons. The van der Waals surface area contributed by atoms with Gasteiger partial charge in [-0.3, -0.25) is 9.88 Å². The second-order valence-corrected chi connectivity index (χ2v) is 7.38. The Morgan fingerprint density at radius 1 is 1.38 bits per heavy atom. The highest BCUT2D eigenvalue weighted by molar-refractivity contribution is 5.73. The van der Waals surface area contributed by atoms with Crippen LogP contribution in [0.15, 0.2) is 18.5 Å². The summed E-state index contributed by atoms with van der Waals surface area (Å²) in [5, 5.41) is 7.12. The molecule has 6 nitrogen and oxygen atoms in total. The van der Waals surface area contributed by atoms with Crippen LogP contribution in [0, 0.1) is 5.92 Å². The summed E-state index contributed by atoms with van der Waals surface area (Å²) in [4.78, 5) is 15.8. The maximum atomic E-state index is 10.6. The zero-order valence-corrected chi connectivity index (χ0v) is 16.8. The number of hydrogen-bond acceptors (Lipinski definition) is 5. The Morgan fingerprint density at radius 3 is 2.72 bits per heavy atom. The van der Waals surface area contributed by atoms with E-state index in [2.05, 4.69) is 22.9 Å². The van der Waals surface area contributed by atoms with Crippen LogP contribution in [-0.2, 0) is 9.53 Å². The van der Waals surface area contributed by atoms with Crippen LogP contribution in [0.5, 0.6) is 5.75 Å². The van der Waals surface area contributed by atoms with Crippen molar-refractivity contribution in [3.8, 4) is 5.75 Å². The molecule has 3 atom stereocenters. The summed E-state index contributed by atoms with van der Waals surface area (Å²) in [6.07, 6.45) is 3.73. The normalized spacial score (nSPS) is 24.0. The van der Waals surface area contributed by atoms with Crippen LogP contribution in [-0.4, -0.2) is 66.6 Å². The molecule has 1 N–H and O–H groups in total. The Kier molecular flexibility index (Phi) is 8.70. The van der Waals surface area contributed by atoms with Crippen molar-refractivity contribution in [2.24, 2.45) is 5.92 Å². The molecule has 2 aliphatic rings. The predicted octanol–water partition coefficient (Wildman–Crippen LogP) is 3.72. The second kappa shape index (κ2) is 10.8. The van der Waals surface area contributed by atoms with Gasteiger partial charge in [-0.05, 0) is 62.2 Å². The topological polar surface area (TPSA) is 71.9 Å². The van der Waals surface area contributed by atoms with Crippen LogP contribution in [0.4, 0.5) is 13.2 Å². The van der Waals surface area contributed by atoms with E-state index in [9.17, 15) is 13.2 Å². The Balaban J connectivity index is 0.000000370. The SMILES string of the molecule is CCN1CCC[C@H]1COc1cncc([C@H]2C[C@@H]2CCOC)c1.O=C(O)C(F)(F)F. The molecule has 0 unspecified atom stereocenters. The van der Waals surface area contributed by atoms with Crippen molar-refractivity contribution in [3.63, 3.8) is 0 Å². The van der Waals surface area contributed by atoms with Gasteiger partial charge < -0.3 is 14.6 Å². The highest BCUT2D eigenvalue weighted by atomic mass is 19.4. The van der Waals surface area contributed by atoms with Crippen LogP contribution < -0.4 is 4.74 Å². The first-order valence-electron chi connectivity index (χ1n) is 9.87. The number of ether oxygens (including phenoxy) is 2. The second-order valence-electron chi connectivity index (χ2n) is 7.38. The summed E-state index contributed by atoms with van der Waals surface area (Å²) in [5.74, 6) is -0.405. The molecule has 2 fully saturated rings. The number of carboxylic acids is 1. The summed E-state index contributed by atoms with van der Waals surface area (Å²) in [6.45, 7) is 6.21. The van der Waals surface area contributed by atoms with E-state index in [0.717, 1.165) is 37.8 Å². The van der Waals surface area contributed by atoms with Crippen LogP contribution in [0.25, 0.3) is 0 Å². The minimum absolute atomic E-state index is 0.573. The van der Waals surface area contributed by atoms with Crippen molar-refractivity contribution in [3.05, 3.63) is 24.0 Å². The number of nitrogens with zero attached hydrogens (tertiary/aromatic N) is 2. The number of rotatable bonds is 8. The molecule has 1 aliphatic heterocycles. The fourth-order valence-corrected chi connectivity index (χ4v) is 3.65. The van der Waals surface area contributed by atoms with Gasteiger partial charge >= 0.3 is 12.1 Å². The molecule has 1 saturated heterocycles. The monoisotopic (exact) mass is 418 g/mol. The maximum absolute atomic E-state index is 10.6. The lowest BCUT2D eigenvalue weighted by atomic mass is 10.1. The van der Waals surface area contributed by atoms with Gasteiger partial charge in [0.1, 0.15) is 12.4 Å². The van der Waals surface area contributed by atoms with Gasteiger partial charge in [-0.25, -0.2) is 4.79 Å². The van der Waals surface area contributed by atoms with Crippen LogP contribution in [0.1, 0.15) is 44.1 Å². The molecule has 1 aromatic rings. The van der Waals surface area contributed by atoms with Gasteiger partial charge in [-0.2, -0.15) is 13.2 Å². The van der Waals surface area contributed by atoms with Gasteiger partial charge in [-0.15, -0.1) is 0 Å². The lowest BCUT2D eigenvalue weighted by Crippen LogP contribution is -2.33. The minimum atomic E-state index is -5.08. The largest absolute Gasteiger partial charge is 0.490 e. The molecule has 0 aromatic carbocycles. The first-order chi connectivity index (χ1) is 13.8. The average molecular weight is 418 g/mol. The standard InChI is InChI=1S/C18H28N2O2.C2HF3O2/c1-3-20-7-4-5-16(20)13-22-17-9-15(11-19-12-17)18-10-14(18)6-8-21-2;3-2(4,5)1(6)7/h9,11-12,14,16,18H,3-8,10,13H2,1-2H3;(H,6,7)/t14-,16-,18-;/m0./s1. The summed E-state index contributed by atoms with van der Waals surface area (Å²) in [6, 6.07) is 2.76. The van der Waals surface area contributed by atoms with Gasteiger partial charge in [0, 0.05) is 26.0 Å². The molecule has 0 amide bonds. The van der Waals surface area contributed by atoms with Crippen molar-refractivity contribution in [1.82, 2.24) is 9.88 Å². The number of aromatic nitrogens is 1. The number of likely N-dealkylation sites (N-methyl/N-ethyl adjacent to an activating group) is 1. The molecule has 0 spiro atoms. The van der Waals surface area contributed by atoms with Crippen molar-refractivity contribution in [2.75, 3.05) is 33.4 Å². The fraction of sp³-hybridized carbons (Fsp3) is 0.700. The van der Waals surface area contributed by atoms with Crippen molar-refractivity contribution in [2.45, 2.75) is 50.7 Å². The Morgan fingerprint density at radius 2 is 2.10 bits per heavy atom. The lowest BCUT2D eigenvalue weighted by Gasteiger charge is -2.22. The number of halogens is 3. The third kappa shape index (κ3) is 7.47. The highest BCUT2D eigenvalue weighted by Gasteiger charge is 2.38. The van der Waals surface area contributed by atoms with Gasteiger partial charge in [0.05, 0.1) is 6.20 Å². The van der Waals surface area contributed by atoms with Gasteiger partial charge in [0.15, 0.2) is 0 Å². The van der Waals surface area contributed by atoms with E-state index in [1.807, 2.05) is 12.4 Å².